The van der Waals surface area contributed by atoms with Crippen LogP contribution in [0.5, 0.6) is 5.75 Å². The van der Waals surface area contributed by atoms with Gasteiger partial charge >= 0.3 is 0 Å². The molecule has 2 aromatic rings. The lowest BCUT2D eigenvalue weighted by Crippen LogP contribution is -2.25. The smallest absolute Gasteiger partial charge is 0.255 e. The molecular formula is C15H17ClN2O2. The van der Waals surface area contributed by atoms with Crippen LogP contribution >= 0.6 is 11.6 Å². The molecule has 106 valence electrons. The summed E-state index contributed by atoms with van der Waals surface area (Å²) in [5, 5.41) is 0.596. The second-order valence-electron chi connectivity index (χ2n) is 4.34. The number of benzene rings is 1. The number of nitrogens with zero attached hydrogens (tertiary/aromatic N) is 1. The molecule has 2 rings (SSSR count). The van der Waals surface area contributed by atoms with Gasteiger partial charge in [-0.25, -0.2) is 0 Å². The summed E-state index contributed by atoms with van der Waals surface area (Å²) in [5.74, 6) is 0.677. The summed E-state index contributed by atoms with van der Waals surface area (Å²) in [4.78, 5) is 12.3. The van der Waals surface area contributed by atoms with Gasteiger partial charge in [-0.3, -0.25) is 4.79 Å². The summed E-state index contributed by atoms with van der Waals surface area (Å²) in [7, 11) is 1.59. The van der Waals surface area contributed by atoms with E-state index in [0.29, 0.717) is 22.9 Å². The molecule has 0 amide bonds. The van der Waals surface area contributed by atoms with Crippen molar-refractivity contribution in [2.45, 2.75) is 20.0 Å². The zero-order chi connectivity index (χ0) is 14.7. The third-order valence-corrected chi connectivity index (χ3v) is 3.46. The number of pyridine rings is 1. The zero-order valence-electron chi connectivity index (χ0n) is 11.5. The van der Waals surface area contributed by atoms with Crippen molar-refractivity contribution in [3.8, 4) is 17.0 Å². The maximum atomic E-state index is 12.3. The van der Waals surface area contributed by atoms with E-state index >= 15 is 0 Å². The van der Waals surface area contributed by atoms with Crippen molar-refractivity contribution in [1.29, 1.82) is 0 Å². The van der Waals surface area contributed by atoms with Crippen LogP contribution in [0.3, 0.4) is 0 Å². The van der Waals surface area contributed by atoms with Gasteiger partial charge in [0.1, 0.15) is 5.75 Å². The minimum Gasteiger partial charge on any atom is -0.496 e. The van der Waals surface area contributed by atoms with E-state index in [2.05, 4.69) is 0 Å². The lowest BCUT2D eigenvalue weighted by Gasteiger charge is -2.15. The van der Waals surface area contributed by atoms with Crippen LogP contribution in [-0.4, -0.2) is 11.7 Å². The van der Waals surface area contributed by atoms with Gasteiger partial charge in [0.2, 0.25) is 0 Å². The average molecular weight is 293 g/mol. The molecule has 0 saturated carbocycles. The minimum atomic E-state index is -0.0745. The minimum absolute atomic E-state index is 0.0745. The molecule has 20 heavy (non-hydrogen) atoms. The second kappa shape index (κ2) is 6.11. The Morgan fingerprint density at radius 2 is 2.05 bits per heavy atom. The third kappa shape index (κ3) is 2.57. The van der Waals surface area contributed by atoms with Crippen LogP contribution in [-0.2, 0) is 13.1 Å². The highest BCUT2D eigenvalue weighted by molar-refractivity contribution is 6.30. The Bertz CT molecular complexity index is 680. The predicted molar refractivity (Wildman–Crippen MR) is 81.3 cm³/mol. The normalized spacial score (nSPS) is 10.6. The molecule has 0 aliphatic rings. The molecule has 2 N–H and O–H groups in total. The molecule has 0 aliphatic heterocycles. The summed E-state index contributed by atoms with van der Waals surface area (Å²) in [5.41, 5.74) is 7.67. The highest BCUT2D eigenvalue weighted by atomic mass is 35.5. The van der Waals surface area contributed by atoms with Crippen molar-refractivity contribution in [2.75, 3.05) is 7.11 Å². The quantitative estimate of drug-likeness (QED) is 0.942. The first-order chi connectivity index (χ1) is 9.62. The maximum absolute atomic E-state index is 12.3. The topological polar surface area (TPSA) is 57.2 Å². The van der Waals surface area contributed by atoms with Crippen molar-refractivity contribution in [3.05, 3.63) is 51.3 Å². The number of rotatable bonds is 4. The van der Waals surface area contributed by atoms with Crippen LogP contribution in [0.4, 0.5) is 0 Å². The average Bonchev–Trinajstić information content (AvgIpc) is 2.46. The van der Waals surface area contributed by atoms with E-state index in [1.165, 1.54) is 0 Å². The van der Waals surface area contributed by atoms with E-state index in [0.717, 1.165) is 11.3 Å². The molecule has 5 heteroatoms. The number of halogens is 1. The summed E-state index contributed by atoms with van der Waals surface area (Å²) >= 11 is 6.05. The lowest BCUT2D eigenvalue weighted by molar-refractivity contribution is 0.416. The SMILES string of the molecule is CCn1c(-c2cc(Cl)ccc2OC)ccc(CN)c1=O. The molecule has 0 atom stereocenters. The molecule has 1 heterocycles. The molecule has 4 nitrogen and oxygen atoms in total. The molecule has 0 radical (unpaired) electrons. The molecule has 0 bridgehead atoms. The molecule has 0 aliphatic carbocycles. The third-order valence-electron chi connectivity index (χ3n) is 3.23. The van der Waals surface area contributed by atoms with E-state index in [1.807, 2.05) is 13.0 Å². The van der Waals surface area contributed by atoms with Gasteiger partial charge in [-0.15, -0.1) is 0 Å². The Kier molecular flexibility index (Phi) is 4.47. The highest BCUT2D eigenvalue weighted by Gasteiger charge is 2.13. The predicted octanol–water partition coefficient (Wildman–Crippen LogP) is 2.66. The molecule has 0 fully saturated rings. The molecular weight excluding hydrogens is 276 g/mol. The van der Waals surface area contributed by atoms with Gasteiger partial charge < -0.3 is 15.0 Å². The van der Waals surface area contributed by atoms with Crippen LogP contribution in [0.15, 0.2) is 35.1 Å². The summed E-state index contributed by atoms with van der Waals surface area (Å²) in [6.07, 6.45) is 0. The van der Waals surface area contributed by atoms with Gasteiger partial charge in [-0.1, -0.05) is 17.7 Å². The largest absolute Gasteiger partial charge is 0.496 e. The van der Waals surface area contributed by atoms with Gasteiger partial charge in [0.05, 0.1) is 12.8 Å². The van der Waals surface area contributed by atoms with Gasteiger partial charge in [0.15, 0.2) is 0 Å². The van der Waals surface area contributed by atoms with Crippen LogP contribution in [0, 0.1) is 0 Å². The van der Waals surface area contributed by atoms with Crippen molar-refractivity contribution < 1.29 is 4.74 Å². The van der Waals surface area contributed by atoms with Crippen LogP contribution < -0.4 is 16.0 Å². The number of ether oxygens (including phenoxy) is 1. The first kappa shape index (κ1) is 14.6. The fourth-order valence-electron chi connectivity index (χ4n) is 2.21. The first-order valence-corrected chi connectivity index (χ1v) is 6.76. The van der Waals surface area contributed by atoms with E-state index in [9.17, 15) is 4.79 Å². The van der Waals surface area contributed by atoms with Crippen LogP contribution in [0.1, 0.15) is 12.5 Å². The lowest BCUT2D eigenvalue weighted by atomic mass is 10.1. The Morgan fingerprint density at radius 3 is 2.65 bits per heavy atom. The zero-order valence-corrected chi connectivity index (χ0v) is 12.3. The number of hydrogen-bond donors (Lipinski definition) is 1. The van der Waals surface area contributed by atoms with Gasteiger partial charge in [-0.2, -0.15) is 0 Å². The fourth-order valence-corrected chi connectivity index (χ4v) is 2.38. The molecule has 1 aromatic carbocycles. The number of nitrogens with two attached hydrogens (primary N) is 1. The molecule has 1 aromatic heterocycles. The fraction of sp³-hybridized carbons (Fsp3) is 0.267. The van der Waals surface area contributed by atoms with Crippen molar-refractivity contribution in [3.63, 3.8) is 0 Å². The Morgan fingerprint density at radius 1 is 1.30 bits per heavy atom. The van der Waals surface area contributed by atoms with Gasteiger partial charge in [-0.05, 0) is 31.2 Å². The maximum Gasteiger partial charge on any atom is 0.255 e. The molecule has 0 saturated heterocycles. The number of aromatic nitrogens is 1. The number of hydrogen-bond acceptors (Lipinski definition) is 3. The second-order valence-corrected chi connectivity index (χ2v) is 4.78. The summed E-state index contributed by atoms with van der Waals surface area (Å²) in [6, 6.07) is 8.97. The van der Waals surface area contributed by atoms with Gasteiger partial charge in [0.25, 0.3) is 5.56 Å². The summed E-state index contributed by atoms with van der Waals surface area (Å²) < 4.78 is 7.03. The molecule has 0 unspecified atom stereocenters. The van der Waals surface area contributed by atoms with Crippen LogP contribution in [0.2, 0.25) is 5.02 Å². The van der Waals surface area contributed by atoms with Crippen molar-refractivity contribution in [2.24, 2.45) is 5.73 Å². The van der Waals surface area contributed by atoms with Crippen molar-refractivity contribution >= 4 is 11.6 Å². The highest BCUT2D eigenvalue weighted by Crippen LogP contribution is 2.32. The summed E-state index contributed by atoms with van der Waals surface area (Å²) in [6.45, 7) is 2.70. The van der Waals surface area contributed by atoms with E-state index in [4.69, 9.17) is 22.1 Å². The molecule has 0 spiro atoms. The Balaban J connectivity index is 2.73. The first-order valence-electron chi connectivity index (χ1n) is 6.39. The Labute approximate surface area is 122 Å². The monoisotopic (exact) mass is 292 g/mol. The van der Waals surface area contributed by atoms with E-state index in [-0.39, 0.29) is 12.1 Å². The van der Waals surface area contributed by atoms with E-state index in [1.54, 1.807) is 35.9 Å². The standard InChI is InChI=1S/C15H17ClN2O2/c1-3-18-13(6-4-10(9-17)15(18)19)12-8-11(16)5-7-14(12)20-2/h4-8H,3,9,17H2,1-2H3. The van der Waals surface area contributed by atoms with Crippen molar-refractivity contribution in [1.82, 2.24) is 4.57 Å². The Hall–Kier alpha value is -1.78. The number of methoxy groups -OCH3 is 1. The van der Waals surface area contributed by atoms with E-state index < -0.39 is 0 Å². The van der Waals surface area contributed by atoms with Crippen LogP contribution in [0.25, 0.3) is 11.3 Å². The van der Waals surface area contributed by atoms with Gasteiger partial charge in [0, 0.05) is 29.2 Å².